The number of pyridine rings is 1. The predicted molar refractivity (Wildman–Crippen MR) is 96.9 cm³/mol. The van der Waals surface area contributed by atoms with E-state index in [9.17, 15) is 9.59 Å². The van der Waals surface area contributed by atoms with Gasteiger partial charge < -0.3 is 15.5 Å². The summed E-state index contributed by atoms with van der Waals surface area (Å²) in [7, 11) is 0. The fourth-order valence-electron chi connectivity index (χ4n) is 2.90. The molecule has 1 aliphatic carbocycles. The van der Waals surface area contributed by atoms with Gasteiger partial charge in [-0.25, -0.2) is 4.98 Å². The zero-order chi connectivity index (χ0) is 17.2. The maximum Gasteiger partial charge on any atom is 0.257 e. The summed E-state index contributed by atoms with van der Waals surface area (Å²) in [6.07, 6.45) is 5.45. The number of aromatic nitrogens is 1. The molecule has 25 heavy (non-hydrogen) atoms. The van der Waals surface area contributed by atoms with E-state index in [1.54, 1.807) is 17.2 Å². The third kappa shape index (κ3) is 3.63. The minimum Gasteiger partial charge on any atom is -0.367 e. The maximum absolute atomic E-state index is 12.3. The fraction of sp³-hybridized carbons (Fsp3) is 0.316. The number of carbonyl (C=O) groups excluding carboxylic acids is 2. The van der Waals surface area contributed by atoms with Gasteiger partial charge >= 0.3 is 0 Å². The van der Waals surface area contributed by atoms with E-state index in [4.69, 9.17) is 0 Å². The summed E-state index contributed by atoms with van der Waals surface area (Å²) >= 11 is 0. The minimum absolute atomic E-state index is 0.155. The molecule has 2 aromatic rings. The topological polar surface area (TPSA) is 74.3 Å². The lowest BCUT2D eigenvalue weighted by atomic mass is 10.2. The largest absolute Gasteiger partial charge is 0.367 e. The monoisotopic (exact) mass is 336 g/mol. The van der Waals surface area contributed by atoms with Gasteiger partial charge in [-0.3, -0.25) is 9.59 Å². The van der Waals surface area contributed by atoms with Gasteiger partial charge in [-0.05, 0) is 55.7 Å². The molecule has 0 radical (unpaired) electrons. The molecule has 0 atom stereocenters. The number of amides is 2. The molecule has 128 valence electrons. The Hall–Kier alpha value is -2.89. The third-order valence-electron chi connectivity index (χ3n) is 4.47. The van der Waals surface area contributed by atoms with Crippen molar-refractivity contribution in [3.05, 3.63) is 48.2 Å². The zero-order valence-corrected chi connectivity index (χ0v) is 13.9. The van der Waals surface area contributed by atoms with E-state index in [-0.39, 0.29) is 11.8 Å². The van der Waals surface area contributed by atoms with Gasteiger partial charge in [-0.15, -0.1) is 0 Å². The Balaban J connectivity index is 1.39. The highest BCUT2D eigenvalue weighted by Crippen LogP contribution is 2.24. The summed E-state index contributed by atoms with van der Waals surface area (Å²) < 4.78 is 0. The van der Waals surface area contributed by atoms with Crippen LogP contribution in [0.5, 0.6) is 0 Å². The Morgan fingerprint density at radius 3 is 2.52 bits per heavy atom. The molecule has 0 unspecified atom stereocenters. The van der Waals surface area contributed by atoms with E-state index in [2.05, 4.69) is 15.6 Å². The molecule has 2 fully saturated rings. The van der Waals surface area contributed by atoms with Gasteiger partial charge in [0.1, 0.15) is 5.82 Å². The second-order valence-corrected chi connectivity index (χ2v) is 6.50. The number of rotatable bonds is 5. The van der Waals surface area contributed by atoms with E-state index < -0.39 is 0 Å². The van der Waals surface area contributed by atoms with E-state index in [1.165, 1.54) is 12.8 Å². The molecule has 4 rings (SSSR count). The molecule has 1 aliphatic heterocycles. The van der Waals surface area contributed by atoms with Crippen LogP contribution in [0.2, 0.25) is 0 Å². The molecule has 6 nitrogen and oxygen atoms in total. The van der Waals surface area contributed by atoms with Crippen molar-refractivity contribution >= 4 is 29.0 Å². The zero-order valence-electron chi connectivity index (χ0n) is 13.9. The van der Waals surface area contributed by atoms with Crippen LogP contribution in [0, 0.1) is 0 Å². The first kappa shape index (κ1) is 15.6. The smallest absolute Gasteiger partial charge is 0.257 e. The van der Waals surface area contributed by atoms with Crippen molar-refractivity contribution in [2.24, 2.45) is 0 Å². The van der Waals surface area contributed by atoms with Gasteiger partial charge in [0.05, 0.1) is 5.56 Å². The van der Waals surface area contributed by atoms with Gasteiger partial charge in [0, 0.05) is 36.6 Å². The summed E-state index contributed by atoms with van der Waals surface area (Å²) in [5.74, 6) is 0.761. The van der Waals surface area contributed by atoms with Crippen LogP contribution in [-0.4, -0.2) is 29.4 Å². The van der Waals surface area contributed by atoms with Gasteiger partial charge in [-0.1, -0.05) is 0 Å². The summed E-state index contributed by atoms with van der Waals surface area (Å²) in [5.41, 5.74) is 2.08. The van der Waals surface area contributed by atoms with Crippen LogP contribution in [0.3, 0.4) is 0 Å². The Kier molecular flexibility index (Phi) is 4.09. The summed E-state index contributed by atoms with van der Waals surface area (Å²) in [4.78, 5) is 30.1. The Morgan fingerprint density at radius 2 is 1.92 bits per heavy atom. The lowest BCUT2D eigenvalue weighted by molar-refractivity contribution is -0.117. The first-order valence-corrected chi connectivity index (χ1v) is 8.63. The second-order valence-electron chi connectivity index (χ2n) is 6.50. The lowest BCUT2D eigenvalue weighted by Crippen LogP contribution is -2.23. The van der Waals surface area contributed by atoms with Crippen molar-refractivity contribution in [3.8, 4) is 0 Å². The number of benzene rings is 1. The standard InChI is InChI=1S/C19H20N4O2/c24-18-2-1-11-23(18)16-8-6-15(7-9-16)22-19(25)13-3-10-17(20-12-13)21-14-4-5-14/h3,6-10,12,14H,1-2,4-5,11H2,(H,20,21)(H,22,25). The van der Waals surface area contributed by atoms with Gasteiger partial charge in [0.25, 0.3) is 5.91 Å². The number of carbonyl (C=O) groups is 2. The molecule has 2 heterocycles. The van der Waals surface area contributed by atoms with Gasteiger partial charge in [0.2, 0.25) is 5.91 Å². The summed E-state index contributed by atoms with van der Waals surface area (Å²) in [6, 6.07) is 11.5. The summed E-state index contributed by atoms with van der Waals surface area (Å²) in [5, 5.41) is 6.15. The first-order valence-electron chi connectivity index (χ1n) is 8.63. The first-order chi connectivity index (χ1) is 12.2. The number of nitrogens with zero attached hydrogens (tertiary/aromatic N) is 2. The minimum atomic E-state index is -0.199. The van der Waals surface area contributed by atoms with Crippen molar-refractivity contribution in [3.63, 3.8) is 0 Å². The molecule has 1 aromatic heterocycles. The van der Waals surface area contributed by atoms with E-state index in [0.717, 1.165) is 24.5 Å². The van der Waals surface area contributed by atoms with Crippen molar-refractivity contribution in [2.45, 2.75) is 31.7 Å². The molecule has 1 saturated carbocycles. The quantitative estimate of drug-likeness (QED) is 0.880. The number of anilines is 3. The highest BCUT2D eigenvalue weighted by molar-refractivity contribution is 6.04. The van der Waals surface area contributed by atoms with Crippen LogP contribution in [0.4, 0.5) is 17.2 Å². The molecule has 0 bridgehead atoms. The van der Waals surface area contributed by atoms with E-state index in [0.29, 0.717) is 23.7 Å². The van der Waals surface area contributed by atoms with Crippen LogP contribution in [-0.2, 0) is 4.79 Å². The van der Waals surface area contributed by atoms with Crippen molar-refractivity contribution < 1.29 is 9.59 Å². The molecule has 0 spiro atoms. The number of hydrogen-bond acceptors (Lipinski definition) is 4. The molecule has 6 heteroatoms. The Morgan fingerprint density at radius 1 is 1.12 bits per heavy atom. The molecule has 1 saturated heterocycles. The molecular weight excluding hydrogens is 316 g/mol. The molecule has 2 amide bonds. The van der Waals surface area contributed by atoms with Crippen molar-refractivity contribution in [1.29, 1.82) is 0 Å². The van der Waals surface area contributed by atoms with E-state index in [1.807, 2.05) is 30.3 Å². The molecule has 2 aliphatic rings. The normalized spacial score (nSPS) is 16.8. The van der Waals surface area contributed by atoms with Gasteiger partial charge in [-0.2, -0.15) is 0 Å². The van der Waals surface area contributed by atoms with E-state index >= 15 is 0 Å². The van der Waals surface area contributed by atoms with Crippen molar-refractivity contribution in [1.82, 2.24) is 4.98 Å². The third-order valence-corrected chi connectivity index (χ3v) is 4.47. The number of nitrogens with one attached hydrogen (secondary N) is 2. The average molecular weight is 336 g/mol. The van der Waals surface area contributed by atoms with Gasteiger partial charge in [0.15, 0.2) is 0 Å². The van der Waals surface area contributed by atoms with Crippen LogP contribution >= 0.6 is 0 Å². The van der Waals surface area contributed by atoms with Crippen LogP contribution in [0.15, 0.2) is 42.6 Å². The fourth-order valence-corrected chi connectivity index (χ4v) is 2.90. The maximum atomic E-state index is 12.3. The molecular formula is C19H20N4O2. The molecule has 2 N–H and O–H groups in total. The second kappa shape index (κ2) is 6.55. The highest BCUT2D eigenvalue weighted by Gasteiger charge is 2.22. The van der Waals surface area contributed by atoms with Crippen LogP contribution in [0.25, 0.3) is 0 Å². The highest BCUT2D eigenvalue weighted by atomic mass is 16.2. The SMILES string of the molecule is O=C(Nc1ccc(N2CCCC2=O)cc1)c1ccc(NC2CC2)nc1. The summed E-state index contributed by atoms with van der Waals surface area (Å²) in [6.45, 7) is 0.761. The predicted octanol–water partition coefficient (Wildman–Crippen LogP) is 3.04. The van der Waals surface area contributed by atoms with Crippen LogP contribution < -0.4 is 15.5 Å². The van der Waals surface area contributed by atoms with Crippen LogP contribution in [0.1, 0.15) is 36.0 Å². The average Bonchev–Trinajstić information content (AvgIpc) is 3.34. The van der Waals surface area contributed by atoms with Crippen molar-refractivity contribution in [2.75, 3.05) is 22.1 Å². The lowest BCUT2D eigenvalue weighted by Gasteiger charge is -2.16. The Labute approximate surface area is 146 Å². The molecule has 1 aromatic carbocycles. The Bertz CT molecular complexity index is 782. The number of hydrogen-bond donors (Lipinski definition) is 2.